The molecule has 0 aromatic carbocycles. The number of ketones is 1. The molecule has 2 aromatic rings. The summed E-state index contributed by atoms with van der Waals surface area (Å²) in [7, 11) is 0. The Bertz CT molecular complexity index is 445. The summed E-state index contributed by atoms with van der Waals surface area (Å²) < 4.78 is 1.57. The van der Waals surface area contributed by atoms with Crippen molar-refractivity contribution < 1.29 is 4.79 Å². The molecule has 0 saturated heterocycles. The molecule has 15 heavy (non-hydrogen) atoms. The minimum Gasteiger partial charge on any atom is -0.285 e. The number of nitrogens with one attached hydrogen (secondary N) is 1. The van der Waals surface area contributed by atoms with E-state index in [0.717, 1.165) is 6.42 Å². The molecule has 0 bridgehead atoms. The number of H-pyrrole nitrogens is 1. The van der Waals surface area contributed by atoms with E-state index in [4.69, 9.17) is 0 Å². The van der Waals surface area contributed by atoms with Crippen molar-refractivity contribution in [1.29, 1.82) is 0 Å². The maximum absolute atomic E-state index is 11.8. The van der Waals surface area contributed by atoms with Gasteiger partial charge in [0.15, 0.2) is 5.69 Å². The molecule has 0 aliphatic heterocycles. The molecule has 0 atom stereocenters. The molecule has 7 nitrogen and oxygen atoms in total. The van der Waals surface area contributed by atoms with Crippen LogP contribution in [0.5, 0.6) is 0 Å². The summed E-state index contributed by atoms with van der Waals surface area (Å²) in [5.41, 5.74) is 0.709. The van der Waals surface area contributed by atoms with Crippen molar-refractivity contribution in [3.05, 3.63) is 23.8 Å². The van der Waals surface area contributed by atoms with Crippen LogP contribution in [-0.4, -0.2) is 36.2 Å². The lowest BCUT2D eigenvalue weighted by atomic mass is 10.2. The molecule has 0 unspecified atom stereocenters. The number of hydrogen-bond donors (Lipinski definition) is 1. The summed E-state index contributed by atoms with van der Waals surface area (Å²) in [5, 5.41) is 17.2. The summed E-state index contributed by atoms with van der Waals surface area (Å²) in [6, 6.07) is 0. The van der Waals surface area contributed by atoms with Crippen molar-refractivity contribution in [2.24, 2.45) is 0 Å². The van der Waals surface area contributed by atoms with Crippen molar-refractivity contribution in [2.45, 2.75) is 19.9 Å². The van der Waals surface area contributed by atoms with Crippen molar-refractivity contribution in [1.82, 2.24) is 30.4 Å². The van der Waals surface area contributed by atoms with Crippen molar-refractivity contribution in [3.63, 3.8) is 0 Å². The Kier molecular flexibility index (Phi) is 2.53. The van der Waals surface area contributed by atoms with Crippen LogP contribution in [0.1, 0.15) is 29.5 Å². The van der Waals surface area contributed by atoms with Gasteiger partial charge in [-0.05, 0) is 6.42 Å². The molecule has 0 aliphatic rings. The van der Waals surface area contributed by atoms with E-state index in [1.54, 1.807) is 4.68 Å². The van der Waals surface area contributed by atoms with Gasteiger partial charge in [0.1, 0.15) is 5.69 Å². The zero-order valence-corrected chi connectivity index (χ0v) is 8.21. The maximum atomic E-state index is 11.8. The van der Waals surface area contributed by atoms with Crippen LogP contribution in [0.4, 0.5) is 0 Å². The van der Waals surface area contributed by atoms with Crippen molar-refractivity contribution in [3.8, 4) is 0 Å². The Morgan fingerprint density at radius 3 is 3.07 bits per heavy atom. The Labute approximate surface area is 85.5 Å². The number of carbonyl (C=O) groups excluding carboxylic acids is 1. The van der Waals surface area contributed by atoms with E-state index < -0.39 is 0 Å². The number of rotatable bonds is 4. The minimum absolute atomic E-state index is 0.220. The van der Waals surface area contributed by atoms with Gasteiger partial charge >= 0.3 is 0 Å². The van der Waals surface area contributed by atoms with Crippen LogP contribution < -0.4 is 0 Å². The second-order valence-electron chi connectivity index (χ2n) is 3.03. The average Bonchev–Trinajstić information content (AvgIpc) is 2.87. The third-order valence-corrected chi connectivity index (χ3v) is 1.93. The normalized spacial score (nSPS) is 10.5. The molecule has 0 spiro atoms. The van der Waals surface area contributed by atoms with Gasteiger partial charge in [-0.25, -0.2) is 4.68 Å². The van der Waals surface area contributed by atoms with Gasteiger partial charge in [0.2, 0.25) is 5.78 Å². The largest absolute Gasteiger partial charge is 0.285 e. The number of hydrogen-bond acceptors (Lipinski definition) is 5. The Morgan fingerprint density at radius 2 is 2.40 bits per heavy atom. The van der Waals surface area contributed by atoms with E-state index in [1.165, 1.54) is 12.4 Å². The van der Waals surface area contributed by atoms with E-state index in [2.05, 4.69) is 25.7 Å². The lowest BCUT2D eigenvalue weighted by Gasteiger charge is -2.00. The zero-order chi connectivity index (χ0) is 10.7. The highest BCUT2D eigenvalue weighted by atomic mass is 16.1. The topological polar surface area (TPSA) is 89.4 Å². The standard InChI is InChI=1S/C8H10N6O/c1-2-3-14-7(5-10-13-14)8(15)6-4-9-12-11-6/h4-5H,2-3H2,1H3,(H,9,11,12). The van der Waals surface area contributed by atoms with Gasteiger partial charge in [0.25, 0.3) is 0 Å². The fourth-order valence-corrected chi connectivity index (χ4v) is 1.25. The number of aryl methyl sites for hydroxylation is 1. The van der Waals surface area contributed by atoms with Gasteiger partial charge in [0, 0.05) is 6.54 Å². The maximum Gasteiger partial charge on any atom is 0.234 e. The van der Waals surface area contributed by atoms with Crippen LogP contribution in [0, 0.1) is 0 Å². The predicted octanol–water partition coefficient (Wildman–Crippen LogP) is 0.0372. The van der Waals surface area contributed by atoms with Crippen LogP contribution in [0.25, 0.3) is 0 Å². The monoisotopic (exact) mass is 206 g/mol. The van der Waals surface area contributed by atoms with E-state index in [0.29, 0.717) is 12.2 Å². The lowest BCUT2D eigenvalue weighted by molar-refractivity contribution is 0.102. The van der Waals surface area contributed by atoms with Gasteiger partial charge in [-0.1, -0.05) is 12.1 Å². The second kappa shape index (κ2) is 3.99. The number of carbonyl (C=O) groups is 1. The molecule has 2 aromatic heterocycles. The Morgan fingerprint density at radius 1 is 1.53 bits per heavy atom. The molecular weight excluding hydrogens is 196 g/mol. The highest BCUT2D eigenvalue weighted by molar-refractivity contribution is 6.06. The van der Waals surface area contributed by atoms with E-state index in [1.807, 2.05) is 6.92 Å². The minimum atomic E-state index is -0.220. The molecule has 78 valence electrons. The number of aromatic nitrogens is 6. The fraction of sp³-hybridized carbons (Fsp3) is 0.375. The smallest absolute Gasteiger partial charge is 0.234 e. The summed E-state index contributed by atoms with van der Waals surface area (Å²) >= 11 is 0. The predicted molar refractivity (Wildman–Crippen MR) is 50.1 cm³/mol. The van der Waals surface area contributed by atoms with Crippen LogP contribution >= 0.6 is 0 Å². The molecule has 0 amide bonds. The quantitative estimate of drug-likeness (QED) is 0.713. The first-order valence-corrected chi connectivity index (χ1v) is 4.62. The molecule has 0 saturated carbocycles. The van der Waals surface area contributed by atoms with Crippen LogP contribution in [0.2, 0.25) is 0 Å². The van der Waals surface area contributed by atoms with Gasteiger partial charge in [0.05, 0.1) is 12.4 Å². The summed E-state index contributed by atoms with van der Waals surface area (Å²) in [6.07, 6.45) is 3.71. The molecule has 0 aliphatic carbocycles. The molecule has 0 radical (unpaired) electrons. The third-order valence-electron chi connectivity index (χ3n) is 1.93. The van der Waals surface area contributed by atoms with Crippen LogP contribution in [0.15, 0.2) is 12.4 Å². The van der Waals surface area contributed by atoms with Gasteiger partial charge in [-0.15, -0.1) is 5.10 Å². The molecule has 2 rings (SSSR count). The molecule has 7 heteroatoms. The summed E-state index contributed by atoms with van der Waals surface area (Å²) in [6.45, 7) is 2.67. The van der Waals surface area contributed by atoms with Gasteiger partial charge < -0.3 is 0 Å². The Balaban J connectivity index is 2.29. The summed E-state index contributed by atoms with van der Waals surface area (Å²) in [5.74, 6) is -0.220. The second-order valence-corrected chi connectivity index (χ2v) is 3.03. The Hall–Kier alpha value is -2.05. The molecular formula is C8H10N6O. The summed E-state index contributed by atoms with van der Waals surface area (Å²) in [4.78, 5) is 11.8. The SMILES string of the molecule is CCCn1nncc1C(=O)c1cn[nH]n1. The van der Waals surface area contributed by atoms with Crippen LogP contribution in [-0.2, 0) is 6.54 Å². The van der Waals surface area contributed by atoms with Crippen LogP contribution in [0.3, 0.4) is 0 Å². The van der Waals surface area contributed by atoms with Crippen molar-refractivity contribution in [2.75, 3.05) is 0 Å². The van der Waals surface area contributed by atoms with Gasteiger partial charge in [-0.3, -0.25) is 4.79 Å². The fourth-order valence-electron chi connectivity index (χ4n) is 1.25. The van der Waals surface area contributed by atoms with E-state index >= 15 is 0 Å². The number of nitrogens with zero attached hydrogens (tertiary/aromatic N) is 5. The van der Waals surface area contributed by atoms with E-state index in [9.17, 15) is 4.79 Å². The van der Waals surface area contributed by atoms with E-state index in [-0.39, 0.29) is 11.5 Å². The molecule has 1 N–H and O–H groups in total. The van der Waals surface area contributed by atoms with Crippen molar-refractivity contribution >= 4 is 5.78 Å². The lowest BCUT2D eigenvalue weighted by Crippen LogP contribution is -2.11. The highest BCUT2D eigenvalue weighted by Gasteiger charge is 2.16. The zero-order valence-electron chi connectivity index (χ0n) is 8.21. The first-order valence-electron chi connectivity index (χ1n) is 4.62. The number of aromatic amines is 1. The first-order chi connectivity index (χ1) is 7.33. The van der Waals surface area contributed by atoms with Gasteiger partial charge in [-0.2, -0.15) is 15.4 Å². The molecule has 0 fully saturated rings. The third kappa shape index (κ3) is 1.76. The average molecular weight is 206 g/mol. The molecule has 2 heterocycles. The first kappa shape index (κ1) is 9.50. The highest BCUT2D eigenvalue weighted by Crippen LogP contribution is 2.04.